The van der Waals surface area contributed by atoms with Gasteiger partial charge >= 0.3 is 6.18 Å². The van der Waals surface area contributed by atoms with Crippen LogP contribution in [-0.4, -0.2) is 31.3 Å². The molecular weight excluding hydrogens is 453 g/mol. The number of rotatable bonds is 4. The number of hydrogen-bond donors (Lipinski definition) is 0. The molecule has 0 aliphatic carbocycles. The molecule has 0 N–H and O–H groups in total. The Kier molecular flexibility index (Phi) is 5.61. The fourth-order valence-electron chi connectivity index (χ4n) is 3.46. The zero-order valence-corrected chi connectivity index (χ0v) is 18.7. The van der Waals surface area contributed by atoms with E-state index in [0.717, 1.165) is 21.3 Å². The summed E-state index contributed by atoms with van der Waals surface area (Å²) in [5.74, 6) is -1.13. The molecule has 0 spiro atoms. The molecule has 0 saturated carbocycles. The van der Waals surface area contributed by atoms with E-state index in [2.05, 4.69) is 0 Å². The Bertz CT molecular complexity index is 1190. The van der Waals surface area contributed by atoms with E-state index in [0.29, 0.717) is 10.9 Å². The highest BCUT2D eigenvalue weighted by Gasteiger charge is 2.53. The molecule has 166 valence electrons. The summed E-state index contributed by atoms with van der Waals surface area (Å²) < 4.78 is 72.2. The lowest BCUT2D eigenvalue weighted by atomic mass is 9.89. The number of nitrogens with zero attached hydrogens (tertiary/aromatic N) is 2. The molecule has 1 aliphatic heterocycles. The van der Waals surface area contributed by atoms with Gasteiger partial charge in [-0.2, -0.15) is 18.4 Å². The summed E-state index contributed by atoms with van der Waals surface area (Å²) >= 11 is 1.29. The molecule has 1 amide bonds. The van der Waals surface area contributed by atoms with Crippen LogP contribution in [0.3, 0.4) is 0 Å². The summed E-state index contributed by atoms with van der Waals surface area (Å²) in [5, 5.41) is 8.92. The van der Waals surface area contributed by atoms with Gasteiger partial charge in [-0.15, -0.1) is 11.3 Å². The van der Waals surface area contributed by atoms with E-state index in [9.17, 15) is 26.4 Å². The second-order valence-electron chi connectivity index (χ2n) is 7.93. The third kappa shape index (κ3) is 4.14. The van der Waals surface area contributed by atoms with Crippen LogP contribution in [0, 0.1) is 30.6 Å². The number of carbonyl (C=O) groups is 1. The lowest BCUT2D eigenvalue weighted by Gasteiger charge is -2.24. The first-order valence-electron chi connectivity index (χ1n) is 9.10. The van der Waals surface area contributed by atoms with Crippen molar-refractivity contribution in [3.8, 4) is 11.8 Å². The normalized spacial score (nSPS) is 18.8. The summed E-state index contributed by atoms with van der Waals surface area (Å²) in [7, 11) is -4.14. The number of ether oxygens (including phenoxy) is 1. The zero-order valence-electron chi connectivity index (χ0n) is 17.1. The zero-order chi connectivity index (χ0) is 23.4. The molecule has 1 aromatic carbocycles. The van der Waals surface area contributed by atoms with Crippen LogP contribution in [0.25, 0.3) is 0 Å². The molecule has 31 heavy (non-hydrogen) atoms. The molecule has 0 bridgehead atoms. The fraction of sp³-hybridized carbons (Fsp3) is 0.400. The number of aryl methyl sites for hydroxylation is 2. The Morgan fingerprint density at radius 2 is 1.90 bits per heavy atom. The van der Waals surface area contributed by atoms with Crippen LogP contribution in [-0.2, 0) is 21.0 Å². The van der Waals surface area contributed by atoms with Gasteiger partial charge in [0.05, 0.1) is 17.2 Å². The number of amides is 1. The smallest absolute Gasteiger partial charge is 0.417 e. The second-order valence-corrected chi connectivity index (χ2v) is 11.2. The van der Waals surface area contributed by atoms with Crippen LogP contribution in [0.2, 0.25) is 0 Å². The number of carbonyl (C=O) groups excluding carboxylic acids is 1. The van der Waals surface area contributed by atoms with Crippen molar-refractivity contribution in [3.63, 3.8) is 0 Å². The number of sulfonamides is 1. The van der Waals surface area contributed by atoms with Crippen molar-refractivity contribution >= 4 is 27.3 Å². The predicted molar refractivity (Wildman–Crippen MR) is 107 cm³/mol. The molecule has 1 aliphatic rings. The third-order valence-corrected chi connectivity index (χ3v) is 7.93. The number of benzene rings is 1. The molecule has 1 unspecified atom stereocenters. The Labute approximate surface area is 181 Å². The molecule has 2 heterocycles. The Hall–Kier alpha value is -2.58. The van der Waals surface area contributed by atoms with Gasteiger partial charge in [0, 0.05) is 21.7 Å². The molecule has 1 saturated heterocycles. The molecule has 1 fully saturated rings. The minimum absolute atomic E-state index is 0.0255. The molecule has 3 rings (SSSR count). The summed E-state index contributed by atoms with van der Waals surface area (Å²) in [5.41, 5.74) is -2.77. The van der Waals surface area contributed by atoms with Gasteiger partial charge in [0.25, 0.3) is 15.9 Å². The summed E-state index contributed by atoms with van der Waals surface area (Å²) in [6.45, 7) is 6.41. The summed E-state index contributed by atoms with van der Waals surface area (Å²) in [6.07, 6.45) is -6.11. The van der Waals surface area contributed by atoms with Gasteiger partial charge in [0.1, 0.15) is 10.6 Å². The maximum Gasteiger partial charge on any atom is 0.417 e. The largest absolute Gasteiger partial charge is 0.480 e. The molecule has 6 nitrogen and oxygen atoms in total. The molecule has 1 atom stereocenters. The van der Waals surface area contributed by atoms with Gasteiger partial charge in [-0.25, -0.2) is 12.7 Å². The lowest BCUT2D eigenvalue weighted by molar-refractivity contribution is -0.137. The van der Waals surface area contributed by atoms with Crippen molar-refractivity contribution in [2.24, 2.45) is 5.41 Å². The third-order valence-electron chi connectivity index (χ3n) is 4.97. The second kappa shape index (κ2) is 7.53. The van der Waals surface area contributed by atoms with Gasteiger partial charge < -0.3 is 4.74 Å². The minimum atomic E-state index is -4.79. The highest BCUT2D eigenvalue weighted by molar-refractivity contribution is 7.90. The number of thiophene rings is 1. The van der Waals surface area contributed by atoms with E-state index < -0.39 is 44.8 Å². The standard InChI is InChI=1S/C20H19F3N2O4S2/c1-11-7-16(12(2)30-11)31(27,28)25-10-19(3,4)17(18(25)26)29-14-6-5-13(9-24)15(8-14)20(21,22)23/h5-8,17H,10H2,1-4H3. The number of hydrogen-bond acceptors (Lipinski definition) is 6. The highest BCUT2D eigenvalue weighted by atomic mass is 32.2. The van der Waals surface area contributed by atoms with Gasteiger partial charge in [0.15, 0.2) is 6.10 Å². The molecule has 0 radical (unpaired) electrons. The quantitative estimate of drug-likeness (QED) is 0.664. The minimum Gasteiger partial charge on any atom is -0.480 e. The van der Waals surface area contributed by atoms with Crippen molar-refractivity contribution in [2.75, 3.05) is 6.54 Å². The SMILES string of the molecule is Cc1cc(S(=O)(=O)N2CC(C)(C)C(Oc3ccc(C#N)c(C(F)(F)F)c3)C2=O)c(C)s1. The van der Waals surface area contributed by atoms with Crippen LogP contribution in [0.1, 0.15) is 34.7 Å². The first kappa shape index (κ1) is 23.1. The van der Waals surface area contributed by atoms with Crippen LogP contribution in [0.5, 0.6) is 5.75 Å². The van der Waals surface area contributed by atoms with E-state index in [1.54, 1.807) is 27.7 Å². The van der Waals surface area contributed by atoms with Gasteiger partial charge in [-0.05, 0) is 38.1 Å². The van der Waals surface area contributed by atoms with Crippen LogP contribution < -0.4 is 4.74 Å². The molecular formula is C20H19F3N2O4S2. The van der Waals surface area contributed by atoms with Crippen LogP contribution in [0.4, 0.5) is 13.2 Å². The Morgan fingerprint density at radius 1 is 1.26 bits per heavy atom. The first-order chi connectivity index (χ1) is 14.2. The first-order valence-corrected chi connectivity index (χ1v) is 11.4. The number of halogens is 3. The average Bonchev–Trinajstić information content (AvgIpc) is 3.12. The van der Waals surface area contributed by atoms with Crippen molar-refractivity contribution in [3.05, 3.63) is 45.1 Å². The van der Waals surface area contributed by atoms with Gasteiger partial charge in [-0.3, -0.25) is 4.79 Å². The van der Waals surface area contributed by atoms with Crippen molar-refractivity contribution < 1.29 is 31.1 Å². The van der Waals surface area contributed by atoms with Crippen molar-refractivity contribution in [2.45, 2.75) is 44.9 Å². The number of alkyl halides is 3. The van der Waals surface area contributed by atoms with Crippen LogP contribution in [0.15, 0.2) is 29.2 Å². The van der Waals surface area contributed by atoms with E-state index in [-0.39, 0.29) is 17.2 Å². The van der Waals surface area contributed by atoms with E-state index in [1.807, 2.05) is 0 Å². The summed E-state index contributed by atoms with van der Waals surface area (Å²) in [4.78, 5) is 14.4. The van der Waals surface area contributed by atoms with Gasteiger partial charge in [0.2, 0.25) is 0 Å². The Balaban J connectivity index is 1.96. The predicted octanol–water partition coefficient (Wildman–Crippen LogP) is 4.26. The van der Waals surface area contributed by atoms with E-state index in [4.69, 9.17) is 10.00 Å². The van der Waals surface area contributed by atoms with E-state index >= 15 is 0 Å². The monoisotopic (exact) mass is 472 g/mol. The van der Waals surface area contributed by atoms with E-state index in [1.165, 1.54) is 23.5 Å². The topological polar surface area (TPSA) is 87.5 Å². The van der Waals surface area contributed by atoms with Gasteiger partial charge in [-0.1, -0.05) is 13.8 Å². The van der Waals surface area contributed by atoms with Crippen molar-refractivity contribution in [1.29, 1.82) is 5.26 Å². The maximum atomic E-state index is 13.2. The molecule has 2 aromatic rings. The highest BCUT2D eigenvalue weighted by Crippen LogP contribution is 2.40. The summed E-state index contributed by atoms with van der Waals surface area (Å²) in [6, 6.07) is 5.71. The molecule has 11 heteroatoms. The molecule has 1 aromatic heterocycles. The van der Waals surface area contributed by atoms with Crippen LogP contribution >= 0.6 is 11.3 Å². The lowest BCUT2D eigenvalue weighted by Crippen LogP contribution is -2.38. The average molecular weight is 473 g/mol. The maximum absolute atomic E-state index is 13.2. The fourth-order valence-corrected chi connectivity index (χ4v) is 6.55. The Morgan fingerprint density at radius 3 is 2.42 bits per heavy atom. The van der Waals surface area contributed by atoms with Crippen molar-refractivity contribution in [1.82, 2.24) is 4.31 Å². The number of nitriles is 1.